The fourth-order valence-corrected chi connectivity index (χ4v) is 2.07. The Morgan fingerprint density at radius 3 is 2.84 bits per heavy atom. The van der Waals surface area contributed by atoms with E-state index in [1.165, 1.54) is 5.56 Å². The SMILES string of the molecule is CCCc1n[c]c2c(ncn2Cc2ccccc2)n1. The first-order valence-corrected chi connectivity index (χ1v) is 6.50. The summed E-state index contributed by atoms with van der Waals surface area (Å²) in [7, 11) is 0. The third-order valence-corrected chi connectivity index (χ3v) is 3.01. The average molecular weight is 251 g/mol. The van der Waals surface area contributed by atoms with E-state index in [1.807, 2.05) is 22.8 Å². The fourth-order valence-electron chi connectivity index (χ4n) is 2.07. The zero-order valence-corrected chi connectivity index (χ0v) is 10.9. The van der Waals surface area contributed by atoms with Gasteiger partial charge in [-0.1, -0.05) is 37.3 Å². The van der Waals surface area contributed by atoms with Gasteiger partial charge >= 0.3 is 0 Å². The number of hydrogen-bond donors (Lipinski definition) is 0. The first-order chi connectivity index (χ1) is 9.36. The third-order valence-electron chi connectivity index (χ3n) is 3.01. The molecule has 0 saturated heterocycles. The van der Waals surface area contributed by atoms with Crippen LogP contribution in [-0.4, -0.2) is 19.5 Å². The van der Waals surface area contributed by atoms with Gasteiger partial charge in [0.2, 0.25) is 0 Å². The molecule has 0 atom stereocenters. The summed E-state index contributed by atoms with van der Waals surface area (Å²) in [5.74, 6) is 0.819. The Balaban J connectivity index is 1.93. The molecule has 2 heterocycles. The van der Waals surface area contributed by atoms with E-state index < -0.39 is 0 Å². The molecule has 0 aliphatic heterocycles. The summed E-state index contributed by atoms with van der Waals surface area (Å²) in [6.07, 6.45) is 6.77. The number of aromatic nitrogens is 4. The van der Waals surface area contributed by atoms with Crippen molar-refractivity contribution in [1.29, 1.82) is 0 Å². The highest BCUT2D eigenvalue weighted by atomic mass is 15.1. The van der Waals surface area contributed by atoms with Crippen LogP contribution in [0.3, 0.4) is 0 Å². The molecule has 1 radical (unpaired) electrons. The van der Waals surface area contributed by atoms with Crippen LogP contribution < -0.4 is 0 Å². The predicted molar refractivity (Wildman–Crippen MR) is 73.7 cm³/mol. The largest absolute Gasteiger partial charge is 0.323 e. The molecular weight excluding hydrogens is 236 g/mol. The van der Waals surface area contributed by atoms with Gasteiger partial charge < -0.3 is 4.57 Å². The van der Waals surface area contributed by atoms with Crippen molar-refractivity contribution in [2.75, 3.05) is 0 Å². The van der Waals surface area contributed by atoms with E-state index in [0.717, 1.165) is 36.4 Å². The highest BCUT2D eigenvalue weighted by Gasteiger charge is 2.07. The Bertz CT molecular complexity index is 673. The summed E-state index contributed by atoms with van der Waals surface area (Å²) in [5.41, 5.74) is 2.82. The van der Waals surface area contributed by atoms with Gasteiger partial charge in [-0.3, -0.25) is 0 Å². The number of fused-ring (bicyclic) bond motifs is 1. The first kappa shape index (κ1) is 11.8. The monoisotopic (exact) mass is 251 g/mol. The van der Waals surface area contributed by atoms with E-state index in [9.17, 15) is 0 Å². The minimum absolute atomic E-state index is 0.731. The number of imidazole rings is 1. The maximum absolute atomic E-state index is 4.45. The number of rotatable bonds is 4. The van der Waals surface area contributed by atoms with Gasteiger partial charge in [-0.05, 0) is 12.0 Å². The molecule has 3 rings (SSSR count). The lowest BCUT2D eigenvalue weighted by Crippen LogP contribution is -2.00. The molecule has 0 spiro atoms. The minimum Gasteiger partial charge on any atom is -0.323 e. The first-order valence-electron chi connectivity index (χ1n) is 6.50. The predicted octanol–water partition coefficient (Wildman–Crippen LogP) is 2.63. The highest BCUT2D eigenvalue weighted by Crippen LogP contribution is 2.12. The fraction of sp³-hybridized carbons (Fsp3) is 0.267. The quantitative estimate of drug-likeness (QED) is 0.716. The van der Waals surface area contributed by atoms with Gasteiger partial charge in [0.25, 0.3) is 0 Å². The van der Waals surface area contributed by atoms with Gasteiger partial charge in [0, 0.05) is 13.0 Å². The molecule has 2 aromatic heterocycles. The minimum atomic E-state index is 0.731. The Kier molecular flexibility index (Phi) is 3.23. The van der Waals surface area contributed by atoms with Crippen molar-refractivity contribution in [3.63, 3.8) is 0 Å². The number of nitrogens with zero attached hydrogens (tertiary/aromatic N) is 4. The molecule has 4 nitrogen and oxygen atoms in total. The van der Waals surface area contributed by atoms with Gasteiger partial charge in [0.1, 0.15) is 17.5 Å². The Hall–Kier alpha value is -2.23. The molecule has 0 bridgehead atoms. The molecule has 3 aromatic rings. The Morgan fingerprint density at radius 1 is 1.21 bits per heavy atom. The summed E-state index contributed by atoms with van der Waals surface area (Å²) in [6, 6.07) is 10.3. The van der Waals surface area contributed by atoms with E-state index in [4.69, 9.17) is 0 Å². The van der Waals surface area contributed by atoms with E-state index in [2.05, 4.69) is 40.2 Å². The van der Waals surface area contributed by atoms with Gasteiger partial charge in [0.15, 0.2) is 5.65 Å². The van der Waals surface area contributed by atoms with Crippen molar-refractivity contribution in [3.05, 3.63) is 54.2 Å². The summed E-state index contributed by atoms with van der Waals surface area (Å²) >= 11 is 0. The van der Waals surface area contributed by atoms with Gasteiger partial charge in [-0.15, -0.1) is 0 Å². The standard InChI is InChI=1S/C15H15N4/c1-2-6-14-16-9-13-15(18-14)17-11-19(13)10-12-7-4-3-5-8-12/h3-5,7-8,11H,2,6,10H2,1H3. The number of hydrogen-bond acceptors (Lipinski definition) is 3. The molecule has 95 valence electrons. The second-order valence-electron chi connectivity index (χ2n) is 4.53. The zero-order valence-electron chi connectivity index (χ0n) is 10.9. The van der Waals surface area contributed by atoms with E-state index >= 15 is 0 Å². The van der Waals surface area contributed by atoms with Crippen LogP contribution in [0.1, 0.15) is 24.7 Å². The van der Waals surface area contributed by atoms with Gasteiger partial charge in [-0.25, -0.2) is 15.0 Å². The molecule has 19 heavy (non-hydrogen) atoms. The van der Waals surface area contributed by atoms with E-state index in [0.29, 0.717) is 0 Å². The molecular formula is C15H15N4. The van der Waals surface area contributed by atoms with Crippen molar-refractivity contribution in [1.82, 2.24) is 19.5 Å². The lowest BCUT2D eigenvalue weighted by atomic mass is 10.2. The normalized spacial score (nSPS) is 11.0. The number of benzene rings is 1. The van der Waals surface area contributed by atoms with Crippen LogP contribution in [0, 0.1) is 6.20 Å². The van der Waals surface area contributed by atoms with Crippen LogP contribution in [0.4, 0.5) is 0 Å². The molecule has 0 saturated carbocycles. The smallest absolute Gasteiger partial charge is 0.181 e. The second-order valence-corrected chi connectivity index (χ2v) is 4.53. The van der Waals surface area contributed by atoms with Gasteiger partial charge in [-0.2, -0.15) is 0 Å². The van der Waals surface area contributed by atoms with Crippen molar-refractivity contribution >= 4 is 11.2 Å². The third kappa shape index (κ3) is 2.47. The summed E-state index contributed by atoms with van der Waals surface area (Å²) in [4.78, 5) is 13.1. The van der Waals surface area contributed by atoms with Crippen LogP contribution in [0.5, 0.6) is 0 Å². The van der Waals surface area contributed by atoms with E-state index in [-0.39, 0.29) is 0 Å². The molecule has 0 aliphatic rings. The van der Waals surface area contributed by atoms with Crippen LogP contribution >= 0.6 is 0 Å². The highest BCUT2D eigenvalue weighted by molar-refractivity contribution is 5.68. The molecule has 0 aliphatic carbocycles. The van der Waals surface area contributed by atoms with Crippen molar-refractivity contribution in [3.8, 4) is 0 Å². The topological polar surface area (TPSA) is 43.6 Å². The van der Waals surface area contributed by atoms with Crippen molar-refractivity contribution in [2.24, 2.45) is 0 Å². The molecule has 0 amide bonds. The van der Waals surface area contributed by atoms with Crippen molar-refractivity contribution in [2.45, 2.75) is 26.3 Å². The molecule has 0 fully saturated rings. The van der Waals surface area contributed by atoms with Crippen LogP contribution in [0.25, 0.3) is 11.2 Å². The maximum atomic E-state index is 4.45. The average Bonchev–Trinajstić information content (AvgIpc) is 2.83. The second kappa shape index (κ2) is 5.18. The summed E-state index contributed by atoms with van der Waals surface area (Å²) < 4.78 is 2.03. The molecule has 0 unspecified atom stereocenters. The van der Waals surface area contributed by atoms with Crippen LogP contribution in [0.2, 0.25) is 0 Å². The summed E-state index contributed by atoms with van der Waals surface area (Å²) in [5, 5.41) is 0. The lowest BCUT2D eigenvalue weighted by Gasteiger charge is -2.03. The molecule has 1 aromatic carbocycles. The van der Waals surface area contributed by atoms with Crippen molar-refractivity contribution < 1.29 is 0 Å². The van der Waals surface area contributed by atoms with Gasteiger partial charge in [0.05, 0.1) is 6.33 Å². The van der Waals surface area contributed by atoms with E-state index in [1.54, 1.807) is 6.33 Å². The Labute approximate surface area is 112 Å². The lowest BCUT2D eigenvalue weighted by molar-refractivity contribution is 0.815. The maximum Gasteiger partial charge on any atom is 0.181 e. The molecule has 4 heteroatoms. The molecule has 0 N–H and O–H groups in total. The van der Waals surface area contributed by atoms with Crippen LogP contribution in [0.15, 0.2) is 36.7 Å². The van der Waals surface area contributed by atoms with Crippen LogP contribution in [-0.2, 0) is 13.0 Å². The Morgan fingerprint density at radius 2 is 2.05 bits per heavy atom. The zero-order chi connectivity index (χ0) is 13.1. The number of aryl methyl sites for hydroxylation is 1. The summed E-state index contributed by atoms with van der Waals surface area (Å²) in [6.45, 7) is 2.88.